The number of rotatable bonds is 2. The molecule has 1 heterocycles. The molecule has 0 aliphatic carbocycles. The van der Waals surface area contributed by atoms with Crippen LogP contribution in [0.4, 0.5) is 5.69 Å². The number of hydrogen-bond donors (Lipinski definition) is 1. The number of anilines is 1. The van der Waals surface area contributed by atoms with E-state index in [-0.39, 0.29) is 0 Å². The van der Waals surface area contributed by atoms with Crippen molar-refractivity contribution in [2.75, 3.05) is 18.5 Å². The van der Waals surface area contributed by atoms with Gasteiger partial charge in [0, 0.05) is 24.8 Å². The van der Waals surface area contributed by atoms with Gasteiger partial charge in [0.2, 0.25) is 0 Å². The molecule has 0 amide bonds. The number of aliphatic hydroxyl groups excluding tert-OH is 1. The predicted molar refractivity (Wildman–Crippen MR) is 83.9 cm³/mol. The molecule has 0 saturated carbocycles. The average molecular weight is 308 g/mol. The van der Waals surface area contributed by atoms with Gasteiger partial charge in [-0.05, 0) is 29.7 Å². The molecule has 1 aliphatic rings. The molecular weight excluding hydrogens is 293 g/mol. The molecule has 1 unspecified atom stereocenters. The van der Waals surface area contributed by atoms with Crippen LogP contribution in [0.15, 0.2) is 36.4 Å². The first kappa shape index (κ1) is 13.7. The fourth-order valence-corrected chi connectivity index (χ4v) is 3.08. The van der Waals surface area contributed by atoms with E-state index in [1.807, 2.05) is 6.07 Å². The smallest absolute Gasteiger partial charge is 0.106 e. The minimum Gasteiger partial charge on any atom is -0.384 e. The Morgan fingerprint density at radius 1 is 1.20 bits per heavy atom. The summed E-state index contributed by atoms with van der Waals surface area (Å²) in [7, 11) is 2.08. The van der Waals surface area contributed by atoms with Gasteiger partial charge in [0.15, 0.2) is 0 Å². The van der Waals surface area contributed by atoms with Gasteiger partial charge in [-0.3, -0.25) is 0 Å². The highest BCUT2D eigenvalue weighted by Crippen LogP contribution is 2.35. The standard InChI is InChI=1S/C16H15Cl2NO/c1-19-8-7-10-9-11(5-6-14(10)19)16(20)12-3-2-4-13(17)15(12)18/h2-6,9,16,20H,7-8H2,1H3. The second-order valence-corrected chi connectivity index (χ2v) is 5.89. The van der Waals surface area contributed by atoms with Gasteiger partial charge in [-0.25, -0.2) is 0 Å². The van der Waals surface area contributed by atoms with Gasteiger partial charge in [0.25, 0.3) is 0 Å². The molecule has 0 bridgehead atoms. The Bertz CT molecular complexity index is 657. The molecular formula is C16H15Cl2NO. The van der Waals surface area contributed by atoms with Crippen molar-refractivity contribution in [3.8, 4) is 0 Å². The topological polar surface area (TPSA) is 23.5 Å². The highest BCUT2D eigenvalue weighted by molar-refractivity contribution is 6.42. The van der Waals surface area contributed by atoms with Gasteiger partial charge >= 0.3 is 0 Å². The minimum absolute atomic E-state index is 0.416. The summed E-state index contributed by atoms with van der Waals surface area (Å²) in [6.07, 6.45) is 0.257. The zero-order valence-electron chi connectivity index (χ0n) is 11.1. The lowest BCUT2D eigenvalue weighted by atomic mass is 9.98. The van der Waals surface area contributed by atoms with Crippen molar-refractivity contribution in [3.63, 3.8) is 0 Å². The monoisotopic (exact) mass is 307 g/mol. The number of hydrogen-bond acceptors (Lipinski definition) is 2. The fourth-order valence-electron chi connectivity index (χ4n) is 2.67. The lowest BCUT2D eigenvalue weighted by Gasteiger charge is -2.16. The lowest BCUT2D eigenvalue weighted by Crippen LogP contribution is -2.12. The third kappa shape index (κ3) is 2.28. The molecule has 0 spiro atoms. The average Bonchev–Trinajstić information content (AvgIpc) is 2.82. The van der Waals surface area contributed by atoms with Crippen LogP contribution in [0.2, 0.25) is 10.0 Å². The summed E-state index contributed by atoms with van der Waals surface area (Å²) in [6.45, 7) is 1.02. The van der Waals surface area contributed by atoms with Crippen LogP contribution >= 0.6 is 23.2 Å². The molecule has 2 aromatic carbocycles. The van der Waals surface area contributed by atoms with E-state index in [0.717, 1.165) is 18.5 Å². The first-order valence-electron chi connectivity index (χ1n) is 6.54. The number of benzene rings is 2. The maximum absolute atomic E-state index is 10.5. The van der Waals surface area contributed by atoms with Gasteiger partial charge in [-0.2, -0.15) is 0 Å². The quantitative estimate of drug-likeness (QED) is 0.904. The van der Waals surface area contributed by atoms with E-state index < -0.39 is 6.10 Å². The van der Waals surface area contributed by atoms with Crippen molar-refractivity contribution in [2.24, 2.45) is 0 Å². The Morgan fingerprint density at radius 2 is 2.00 bits per heavy atom. The van der Waals surface area contributed by atoms with Crippen molar-refractivity contribution in [2.45, 2.75) is 12.5 Å². The van der Waals surface area contributed by atoms with Crippen LogP contribution in [0.5, 0.6) is 0 Å². The summed E-state index contributed by atoms with van der Waals surface area (Å²) >= 11 is 12.2. The van der Waals surface area contributed by atoms with Crippen molar-refractivity contribution in [1.29, 1.82) is 0 Å². The predicted octanol–water partition coefficient (Wildman–Crippen LogP) is 4.07. The second kappa shape index (κ2) is 5.28. The molecule has 1 aliphatic heterocycles. The Morgan fingerprint density at radius 3 is 2.80 bits per heavy atom. The Kier molecular flexibility index (Phi) is 3.63. The Hall–Kier alpha value is -1.22. The largest absolute Gasteiger partial charge is 0.384 e. The van der Waals surface area contributed by atoms with Crippen LogP contribution in [-0.4, -0.2) is 18.7 Å². The third-order valence-electron chi connectivity index (χ3n) is 3.82. The number of likely N-dealkylation sites (N-methyl/N-ethyl adjacent to an activating group) is 1. The van der Waals surface area contributed by atoms with Gasteiger partial charge in [0.1, 0.15) is 6.10 Å². The van der Waals surface area contributed by atoms with Crippen LogP contribution in [0.25, 0.3) is 0 Å². The van der Waals surface area contributed by atoms with E-state index in [0.29, 0.717) is 15.6 Å². The fraction of sp³-hybridized carbons (Fsp3) is 0.250. The number of aliphatic hydroxyl groups is 1. The van der Waals surface area contributed by atoms with E-state index in [1.54, 1.807) is 18.2 Å². The number of halogens is 2. The summed E-state index contributed by atoms with van der Waals surface area (Å²) in [5.41, 5.74) is 3.99. The molecule has 20 heavy (non-hydrogen) atoms. The first-order chi connectivity index (χ1) is 9.58. The third-order valence-corrected chi connectivity index (χ3v) is 4.66. The van der Waals surface area contributed by atoms with Crippen LogP contribution in [0, 0.1) is 0 Å². The molecule has 0 aromatic heterocycles. The van der Waals surface area contributed by atoms with E-state index in [4.69, 9.17) is 23.2 Å². The van der Waals surface area contributed by atoms with Crippen molar-refractivity contribution < 1.29 is 5.11 Å². The van der Waals surface area contributed by atoms with Gasteiger partial charge in [-0.15, -0.1) is 0 Å². The highest BCUT2D eigenvalue weighted by Gasteiger charge is 2.20. The van der Waals surface area contributed by atoms with E-state index in [2.05, 4.69) is 24.1 Å². The van der Waals surface area contributed by atoms with Crippen molar-refractivity contribution in [1.82, 2.24) is 0 Å². The molecule has 4 heteroatoms. The molecule has 1 atom stereocenters. The molecule has 0 fully saturated rings. The van der Waals surface area contributed by atoms with Crippen LogP contribution in [0.1, 0.15) is 22.8 Å². The van der Waals surface area contributed by atoms with Gasteiger partial charge < -0.3 is 10.0 Å². The van der Waals surface area contributed by atoms with Crippen LogP contribution in [0.3, 0.4) is 0 Å². The van der Waals surface area contributed by atoms with Gasteiger partial charge in [-0.1, -0.05) is 47.5 Å². The van der Waals surface area contributed by atoms with E-state index in [1.165, 1.54) is 11.3 Å². The molecule has 2 aromatic rings. The van der Waals surface area contributed by atoms with Crippen molar-refractivity contribution >= 4 is 28.9 Å². The van der Waals surface area contributed by atoms with E-state index >= 15 is 0 Å². The Labute approximate surface area is 128 Å². The summed E-state index contributed by atoms with van der Waals surface area (Å²) in [5, 5.41) is 11.4. The molecule has 0 radical (unpaired) electrons. The van der Waals surface area contributed by atoms with Crippen molar-refractivity contribution in [3.05, 3.63) is 63.1 Å². The summed E-state index contributed by atoms with van der Waals surface area (Å²) in [5.74, 6) is 0. The molecule has 2 nitrogen and oxygen atoms in total. The maximum Gasteiger partial charge on any atom is 0.106 e. The summed E-state index contributed by atoms with van der Waals surface area (Å²) < 4.78 is 0. The SMILES string of the molecule is CN1CCc2cc(C(O)c3cccc(Cl)c3Cl)ccc21. The molecule has 3 rings (SSSR count). The Balaban J connectivity index is 1.99. The van der Waals surface area contributed by atoms with Crippen LogP contribution in [-0.2, 0) is 6.42 Å². The molecule has 104 valence electrons. The zero-order chi connectivity index (χ0) is 14.3. The normalized spacial score (nSPS) is 15.3. The highest BCUT2D eigenvalue weighted by atomic mass is 35.5. The number of nitrogens with zero attached hydrogens (tertiary/aromatic N) is 1. The maximum atomic E-state index is 10.5. The van der Waals surface area contributed by atoms with Gasteiger partial charge in [0.05, 0.1) is 10.0 Å². The zero-order valence-corrected chi connectivity index (χ0v) is 12.6. The van der Waals surface area contributed by atoms with Crippen LogP contribution < -0.4 is 4.90 Å². The second-order valence-electron chi connectivity index (χ2n) is 5.11. The van der Waals surface area contributed by atoms with E-state index in [9.17, 15) is 5.11 Å². The lowest BCUT2D eigenvalue weighted by molar-refractivity contribution is 0.220. The number of fused-ring (bicyclic) bond motifs is 1. The summed E-state index contributed by atoms with van der Waals surface area (Å²) in [6, 6.07) is 11.4. The minimum atomic E-state index is -0.752. The first-order valence-corrected chi connectivity index (χ1v) is 7.29. The molecule has 0 saturated heterocycles. The molecule has 1 N–H and O–H groups in total. The summed E-state index contributed by atoms with van der Waals surface area (Å²) in [4.78, 5) is 2.22.